The molecular formula is C31H31ClFN5O6. The van der Waals surface area contributed by atoms with Crippen molar-refractivity contribution in [1.29, 1.82) is 0 Å². The lowest BCUT2D eigenvalue weighted by atomic mass is 9.99. The maximum Gasteiger partial charge on any atom is 0.330 e. The Hall–Kier alpha value is -4.36. The minimum Gasteiger partial charge on any atom is -0.481 e. The molecule has 2 aromatic carbocycles. The number of aromatic nitrogens is 3. The van der Waals surface area contributed by atoms with Crippen molar-refractivity contribution in [3.05, 3.63) is 97.5 Å². The fourth-order valence-electron chi connectivity index (χ4n) is 5.06. The molecule has 0 radical (unpaired) electrons. The highest BCUT2D eigenvalue weighted by atomic mass is 35.5. The Morgan fingerprint density at radius 3 is 2.61 bits per heavy atom. The second-order valence-corrected chi connectivity index (χ2v) is 10.7. The zero-order chi connectivity index (χ0) is 31.5. The number of hydrogen-bond donors (Lipinski definition) is 3. The van der Waals surface area contributed by atoms with Crippen molar-refractivity contribution >= 4 is 23.2 Å². The number of amides is 1. The lowest BCUT2D eigenvalue weighted by Crippen LogP contribution is -2.46. The van der Waals surface area contributed by atoms with E-state index in [0.717, 1.165) is 20.9 Å². The van der Waals surface area contributed by atoms with Gasteiger partial charge in [-0.25, -0.2) is 14.2 Å². The van der Waals surface area contributed by atoms with Gasteiger partial charge in [0.2, 0.25) is 5.88 Å². The summed E-state index contributed by atoms with van der Waals surface area (Å²) in [7, 11) is 4.18. The van der Waals surface area contributed by atoms with Crippen LogP contribution in [0.2, 0.25) is 5.02 Å². The van der Waals surface area contributed by atoms with Crippen LogP contribution >= 0.6 is 11.6 Å². The van der Waals surface area contributed by atoms with Gasteiger partial charge in [-0.1, -0.05) is 41.9 Å². The number of rotatable bonds is 8. The van der Waals surface area contributed by atoms with Gasteiger partial charge in [0.1, 0.15) is 11.4 Å². The van der Waals surface area contributed by atoms with Crippen LogP contribution in [0.1, 0.15) is 22.3 Å². The largest absolute Gasteiger partial charge is 0.481 e. The molecule has 230 valence electrons. The third-order valence-corrected chi connectivity index (χ3v) is 7.92. The lowest BCUT2D eigenvalue weighted by molar-refractivity contribution is -0.0281. The standard InChI is InChI=1S/C31H31ClFN5O6/c1-37-15-21(30(41)38(2)31(37)42)28(40)35-24-9-5-6-18(26(24)32)19-7-4-8-20(27(19)33)22-11-10-17(29(36-22)43-3)14-34-23-12-13-44-16-25(23)39/h4-11,15,23,25,34,39H,12-14,16H2,1-3H3,(H,35,40)/t23-,25+/m1/s1. The minimum atomic E-state index is -0.772. The molecule has 4 aromatic rings. The van der Waals surface area contributed by atoms with Gasteiger partial charge in [-0.05, 0) is 24.6 Å². The van der Waals surface area contributed by atoms with Crippen LogP contribution < -0.4 is 26.6 Å². The number of nitrogens with one attached hydrogen (secondary N) is 2. The molecule has 0 spiro atoms. The van der Waals surface area contributed by atoms with Gasteiger partial charge in [-0.15, -0.1) is 0 Å². The Balaban J connectivity index is 1.42. The monoisotopic (exact) mass is 623 g/mol. The number of hydrogen-bond acceptors (Lipinski definition) is 8. The van der Waals surface area contributed by atoms with E-state index in [4.69, 9.17) is 21.1 Å². The quantitative estimate of drug-likeness (QED) is 0.272. The highest BCUT2D eigenvalue weighted by Crippen LogP contribution is 2.38. The summed E-state index contributed by atoms with van der Waals surface area (Å²) >= 11 is 6.66. The Kier molecular flexibility index (Phi) is 9.25. The molecule has 3 N–H and O–H groups in total. The average molecular weight is 624 g/mol. The number of anilines is 1. The van der Waals surface area contributed by atoms with Crippen molar-refractivity contribution in [1.82, 2.24) is 19.4 Å². The lowest BCUT2D eigenvalue weighted by Gasteiger charge is -2.28. The second kappa shape index (κ2) is 13.1. The number of halogens is 2. The van der Waals surface area contributed by atoms with Crippen LogP contribution in [0.25, 0.3) is 22.4 Å². The summed E-state index contributed by atoms with van der Waals surface area (Å²) in [6.07, 6.45) is 1.21. The Labute approximate surface area is 256 Å². The van der Waals surface area contributed by atoms with Crippen molar-refractivity contribution in [2.24, 2.45) is 14.1 Å². The molecule has 1 saturated heterocycles. The summed E-state index contributed by atoms with van der Waals surface area (Å²) in [6, 6.07) is 12.9. The first-order chi connectivity index (χ1) is 21.1. The first kappa shape index (κ1) is 31.1. The summed E-state index contributed by atoms with van der Waals surface area (Å²) in [4.78, 5) is 42.1. The predicted molar refractivity (Wildman–Crippen MR) is 164 cm³/mol. The molecule has 11 nitrogen and oxygen atoms in total. The maximum absolute atomic E-state index is 16.1. The number of aliphatic hydroxyl groups is 1. The van der Waals surface area contributed by atoms with Gasteiger partial charge in [0.05, 0.1) is 36.2 Å². The number of carbonyl (C=O) groups excluding carboxylic acids is 1. The number of nitrogens with zero attached hydrogens (tertiary/aromatic N) is 3. The molecule has 0 unspecified atom stereocenters. The van der Waals surface area contributed by atoms with Gasteiger partial charge < -0.3 is 29.8 Å². The Morgan fingerprint density at radius 1 is 1.14 bits per heavy atom. The van der Waals surface area contributed by atoms with Gasteiger partial charge in [0.25, 0.3) is 11.5 Å². The van der Waals surface area contributed by atoms with E-state index in [9.17, 15) is 19.5 Å². The zero-order valence-electron chi connectivity index (χ0n) is 24.3. The van der Waals surface area contributed by atoms with E-state index < -0.39 is 29.1 Å². The fourth-order valence-corrected chi connectivity index (χ4v) is 5.34. The number of aliphatic hydroxyl groups excluding tert-OH is 1. The second-order valence-electron chi connectivity index (χ2n) is 10.4. The molecule has 44 heavy (non-hydrogen) atoms. The van der Waals surface area contributed by atoms with Crippen LogP contribution in [-0.2, 0) is 25.4 Å². The van der Waals surface area contributed by atoms with E-state index in [1.54, 1.807) is 42.5 Å². The van der Waals surface area contributed by atoms with E-state index in [1.165, 1.54) is 27.3 Å². The van der Waals surface area contributed by atoms with Crippen LogP contribution in [0, 0.1) is 5.82 Å². The molecule has 3 heterocycles. The number of benzene rings is 2. The topological polar surface area (TPSA) is 137 Å². The highest BCUT2D eigenvalue weighted by molar-refractivity contribution is 6.36. The van der Waals surface area contributed by atoms with Crippen LogP contribution in [-0.4, -0.2) is 57.6 Å². The first-order valence-electron chi connectivity index (χ1n) is 13.8. The van der Waals surface area contributed by atoms with Gasteiger partial charge in [-0.2, -0.15) is 0 Å². The van der Waals surface area contributed by atoms with Crippen LogP contribution in [0.3, 0.4) is 0 Å². The summed E-state index contributed by atoms with van der Waals surface area (Å²) < 4.78 is 28.8. The molecule has 0 aliphatic carbocycles. The average Bonchev–Trinajstić information content (AvgIpc) is 3.02. The number of carbonyl (C=O) groups is 1. The smallest absolute Gasteiger partial charge is 0.330 e. The third kappa shape index (κ3) is 6.15. The third-order valence-electron chi connectivity index (χ3n) is 7.52. The first-order valence-corrected chi connectivity index (χ1v) is 14.2. The number of aryl methyl sites for hydroxylation is 1. The number of methoxy groups -OCH3 is 1. The summed E-state index contributed by atoms with van der Waals surface area (Å²) in [5.74, 6) is -1.05. The van der Waals surface area contributed by atoms with Gasteiger partial charge in [0, 0.05) is 61.7 Å². The fraction of sp³-hybridized carbons (Fsp3) is 0.290. The van der Waals surface area contributed by atoms with Crippen LogP contribution in [0.5, 0.6) is 5.88 Å². The van der Waals surface area contributed by atoms with Crippen LogP contribution in [0.4, 0.5) is 10.1 Å². The van der Waals surface area contributed by atoms with E-state index >= 15 is 4.39 Å². The summed E-state index contributed by atoms with van der Waals surface area (Å²) in [6.45, 7) is 1.23. The van der Waals surface area contributed by atoms with E-state index in [0.29, 0.717) is 36.7 Å². The van der Waals surface area contributed by atoms with Gasteiger partial charge in [0.15, 0.2) is 0 Å². The molecule has 2 atom stereocenters. The van der Waals surface area contributed by atoms with Crippen molar-refractivity contribution < 1.29 is 23.8 Å². The molecule has 1 aliphatic heterocycles. The molecule has 2 aromatic heterocycles. The molecule has 13 heteroatoms. The molecule has 5 rings (SSSR count). The molecule has 0 saturated carbocycles. The van der Waals surface area contributed by atoms with Crippen molar-refractivity contribution in [3.63, 3.8) is 0 Å². The Bertz CT molecular complexity index is 1840. The Morgan fingerprint density at radius 2 is 1.86 bits per heavy atom. The highest BCUT2D eigenvalue weighted by Gasteiger charge is 2.24. The SMILES string of the molecule is COc1nc(-c2cccc(-c3cccc(NC(=O)c4cn(C)c(=O)n(C)c4=O)c3Cl)c2F)ccc1CN[C@@H]1CCOC[C@@H]1O. The van der Waals surface area contributed by atoms with Gasteiger partial charge >= 0.3 is 5.69 Å². The van der Waals surface area contributed by atoms with Gasteiger partial charge in [-0.3, -0.25) is 14.2 Å². The van der Waals surface area contributed by atoms with Crippen molar-refractivity contribution in [3.8, 4) is 28.3 Å². The summed E-state index contributed by atoms with van der Waals surface area (Å²) in [5.41, 5.74) is 0.320. The maximum atomic E-state index is 16.1. The van der Waals surface area contributed by atoms with E-state index in [1.807, 2.05) is 0 Å². The van der Waals surface area contributed by atoms with E-state index in [2.05, 4.69) is 15.6 Å². The number of pyridine rings is 1. The normalized spacial score (nSPS) is 16.5. The minimum absolute atomic E-state index is 0.0563. The molecule has 0 bridgehead atoms. The molecule has 1 fully saturated rings. The van der Waals surface area contributed by atoms with Crippen molar-refractivity contribution in [2.45, 2.75) is 25.1 Å². The van der Waals surface area contributed by atoms with E-state index in [-0.39, 0.29) is 40.0 Å². The molecule has 1 aliphatic rings. The molecule has 1 amide bonds. The summed E-state index contributed by atoms with van der Waals surface area (Å²) in [5, 5.41) is 16.1. The zero-order valence-corrected chi connectivity index (χ0v) is 25.0. The van der Waals surface area contributed by atoms with Crippen LogP contribution in [0.15, 0.2) is 64.3 Å². The number of ether oxygens (including phenoxy) is 2. The molecular weight excluding hydrogens is 593 g/mol. The van der Waals surface area contributed by atoms with Crippen molar-refractivity contribution in [2.75, 3.05) is 25.6 Å². The predicted octanol–water partition coefficient (Wildman–Crippen LogP) is 3.11.